The molecule has 184 valence electrons. The highest BCUT2D eigenvalue weighted by atomic mass is 19.4. The summed E-state index contributed by atoms with van der Waals surface area (Å²) in [6, 6.07) is 0.298. The number of halogens is 3. The van der Waals surface area contributed by atoms with Crippen molar-refractivity contribution in [3.8, 4) is 11.3 Å². The summed E-state index contributed by atoms with van der Waals surface area (Å²) in [6.45, 7) is 6.94. The van der Waals surface area contributed by atoms with Crippen LogP contribution in [0.1, 0.15) is 74.5 Å². The van der Waals surface area contributed by atoms with E-state index in [1.165, 1.54) is 6.20 Å². The van der Waals surface area contributed by atoms with Crippen LogP contribution in [-0.2, 0) is 12.6 Å². The number of nitrogens with one attached hydrogen (secondary N) is 3. The van der Waals surface area contributed by atoms with E-state index in [9.17, 15) is 18.0 Å². The quantitative estimate of drug-likeness (QED) is 0.610. The Kier molecular flexibility index (Phi) is 5.61. The first kappa shape index (κ1) is 23.1. The molecule has 2 aromatic rings. The molecule has 2 fully saturated rings. The number of aromatic amines is 1. The molecule has 0 spiro atoms. The van der Waals surface area contributed by atoms with Crippen molar-refractivity contribution in [3.63, 3.8) is 0 Å². The average molecular weight is 477 g/mol. The minimum atomic E-state index is -4.61. The first-order valence-corrected chi connectivity index (χ1v) is 12.0. The van der Waals surface area contributed by atoms with Crippen LogP contribution in [0.15, 0.2) is 12.4 Å². The van der Waals surface area contributed by atoms with Crippen molar-refractivity contribution in [1.82, 2.24) is 25.2 Å². The first-order chi connectivity index (χ1) is 16.0. The number of amides is 1. The van der Waals surface area contributed by atoms with Crippen LogP contribution in [0.25, 0.3) is 11.3 Å². The van der Waals surface area contributed by atoms with Gasteiger partial charge in [0.2, 0.25) is 5.95 Å². The molecule has 4 heterocycles. The van der Waals surface area contributed by atoms with Crippen molar-refractivity contribution in [1.29, 1.82) is 0 Å². The highest BCUT2D eigenvalue weighted by Crippen LogP contribution is 2.41. The second-order valence-electron chi connectivity index (χ2n) is 10.5. The summed E-state index contributed by atoms with van der Waals surface area (Å²) in [5.41, 5.74) is 0.264. The lowest BCUT2D eigenvalue weighted by Crippen LogP contribution is -2.50. The van der Waals surface area contributed by atoms with Crippen molar-refractivity contribution in [2.45, 2.75) is 89.1 Å². The lowest BCUT2D eigenvalue weighted by Gasteiger charge is -2.36. The van der Waals surface area contributed by atoms with Gasteiger partial charge in [0, 0.05) is 48.2 Å². The van der Waals surface area contributed by atoms with Crippen LogP contribution in [0.3, 0.4) is 0 Å². The fourth-order valence-electron chi connectivity index (χ4n) is 5.11. The van der Waals surface area contributed by atoms with E-state index in [0.717, 1.165) is 31.9 Å². The Hall–Kier alpha value is -2.62. The van der Waals surface area contributed by atoms with E-state index in [-0.39, 0.29) is 41.2 Å². The summed E-state index contributed by atoms with van der Waals surface area (Å²) in [4.78, 5) is 26.5. The Labute approximate surface area is 196 Å². The number of nitrogens with zero attached hydrogens (tertiary/aromatic N) is 3. The molecule has 5 rings (SSSR count). The molecule has 7 nitrogen and oxygen atoms in total. The van der Waals surface area contributed by atoms with E-state index in [4.69, 9.17) is 0 Å². The van der Waals surface area contributed by atoms with Gasteiger partial charge in [-0.3, -0.25) is 4.79 Å². The van der Waals surface area contributed by atoms with Crippen molar-refractivity contribution in [2.75, 3.05) is 11.9 Å². The lowest BCUT2D eigenvalue weighted by molar-refractivity contribution is -0.137. The molecule has 0 aromatic carbocycles. The molecule has 3 aliphatic rings. The second-order valence-corrected chi connectivity index (χ2v) is 10.5. The van der Waals surface area contributed by atoms with Gasteiger partial charge in [-0.05, 0) is 64.9 Å². The molecule has 0 bridgehead atoms. The molecule has 2 aliphatic heterocycles. The fourth-order valence-corrected chi connectivity index (χ4v) is 5.11. The van der Waals surface area contributed by atoms with E-state index in [0.29, 0.717) is 36.2 Å². The Morgan fingerprint density at radius 1 is 1.21 bits per heavy atom. The molecule has 10 heteroatoms. The van der Waals surface area contributed by atoms with Crippen molar-refractivity contribution < 1.29 is 18.0 Å². The van der Waals surface area contributed by atoms with Gasteiger partial charge in [0.25, 0.3) is 5.91 Å². The van der Waals surface area contributed by atoms with Crippen LogP contribution in [-0.4, -0.2) is 56.0 Å². The third-order valence-electron chi connectivity index (χ3n) is 7.29. The van der Waals surface area contributed by atoms with E-state index in [1.807, 2.05) is 11.8 Å². The minimum absolute atomic E-state index is 0.0236. The largest absolute Gasteiger partial charge is 0.419 e. The van der Waals surface area contributed by atoms with E-state index >= 15 is 0 Å². The number of aromatic nitrogens is 3. The van der Waals surface area contributed by atoms with Gasteiger partial charge >= 0.3 is 6.18 Å². The number of piperidine rings is 1. The minimum Gasteiger partial charge on any atom is -0.356 e. The number of anilines is 1. The Morgan fingerprint density at radius 3 is 2.62 bits per heavy atom. The highest BCUT2D eigenvalue weighted by molar-refractivity contribution is 5.97. The average Bonchev–Trinajstić information content (AvgIpc) is 3.51. The van der Waals surface area contributed by atoms with E-state index in [1.54, 1.807) is 0 Å². The van der Waals surface area contributed by atoms with Gasteiger partial charge in [-0.2, -0.15) is 13.2 Å². The molecule has 1 saturated heterocycles. The number of H-pyrrole nitrogens is 1. The Morgan fingerprint density at radius 2 is 1.97 bits per heavy atom. The van der Waals surface area contributed by atoms with Gasteiger partial charge in [0.1, 0.15) is 11.3 Å². The summed E-state index contributed by atoms with van der Waals surface area (Å²) in [5, 5.41) is 6.64. The summed E-state index contributed by atoms with van der Waals surface area (Å²) in [7, 11) is 0. The normalized spacial score (nSPS) is 25.1. The van der Waals surface area contributed by atoms with Crippen molar-refractivity contribution in [3.05, 3.63) is 29.2 Å². The highest BCUT2D eigenvalue weighted by Gasteiger charge is 2.41. The molecule has 1 unspecified atom stereocenters. The van der Waals surface area contributed by atoms with Gasteiger partial charge in [0.05, 0.1) is 5.69 Å². The Balaban J connectivity index is 1.50. The topological polar surface area (TPSA) is 85.9 Å². The fraction of sp³-hybridized carbons (Fsp3) is 0.625. The molecule has 0 radical (unpaired) electrons. The number of hydrogen-bond donors (Lipinski definition) is 3. The standard InChI is InChI=1S/C24H31F3N6O/c1-13-4-7-16-17(11-28-20(16)21(34)33(13)15-5-6-15)19-18(24(25,26)27)12-29-22(32-19)31-14-8-9-23(2,3)30-10-14/h11-15,28,30H,4-10H2,1-3H3,(H,29,31,32)/t13?,14-/m0/s1. The number of alkyl halides is 3. The predicted molar refractivity (Wildman–Crippen MR) is 123 cm³/mol. The number of carbonyl (C=O) groups excluding carboxylic acids is 1. The third-order valence-corrected chi connectivity index (χ3v) is 7.29. The van der Waals surface area contributed by atoms with Gasteiger partial charge < -0.3 is 20.5 Å². The number of rotatable bonds is 4. The summed E-state index contributed by atoms with van der Waals surface area (Å²) >= 11 is 0. The smallest absolute Gasteiger partial charge is 0.356 e. The molecule has 2 atom stereocenters. The summed E-state index contributed by atoms with van der Waals surface area (Å²) in [6.07, 6.45) is 2.69. The zero-order valence-corrected chi connectivity index (χ0v) is 19.7. The molecule has 2 aromatic heterocycles. The zero-order valence-electron chi connectivity index (χ0n) is 19.7. The predicted octanol–water partition coefficient (Wildman–Crippen LogP) is 4.37. The van der Waals surface area contributed by atoms with Crippen LogP contribution in [0.4, 0.5) is 19.1 Å². The van der Waals surface area contributed by atoms with Crippen LogP contribution in [0, 0.1) is 0 Å². The molecule has 1 saturated carbocycles. The van der Waals surface area contributed by atoms with Gasteiger partial charge in [-0.1, -0.05) is 0 Å². The molecular formula is C24H31F3N6O. The maximum Gasteiger partial charge on any atom is 0.419 e. The van der Waals surface area contributed by atoms with Gasteiger partial charge in [-0.15, -0.1) is 0 Å². The van der Waals surface area contributed by atoms with Crippen molar-refractivity contribution >= 4 is 11.9 Å². The summed E-state index contributed by atoms with van der Waals surface area (Å²) < 4.78 is 41.8. The molecule has 1 aliphatic carbocycles. The number of carbonyl (C=O) groups is 1. The van der Waals surface area contributed by atoms with Gasteiger partial charge in [0.15, 0.2) is 0 Å². The first-order valence-electron chi connectivity index (χ1n) is 12.0. The molecule has 1 amide bonds. The van der Waals surface area contributed by atoms with Crippen LogP contribution in [0.2, 0.25) is 0 Å². The number of fused-ring (bicyclic) bond motifs is 1. The third kappa shape index (κ3) is 4.39. The summed E-state index contributed by atoms with van der Waals surface area (Å²) in [5.74, 6) is 0.0305. The number of hydrogen-bond acceptors (Lipinski definition) is 5. The zero-order chi connectivity index (χ0) is 24.3. The Bertz CT molecular complexity index is 1080. The maximum atomic E-state index is 13.9. The molecule has 3 N–H and O–H groups in total. The molecular weight excluding hydrogens is 445 g/mol. The lowest BCUT2D eigenvalue weighted by atomic mass is 9.91. The van der Waals surface area contributed by atoms with Gasteiger partial charge in [-0.25, -0.2) is 9.97 Å². The van der Waals surface area contributed by atoms with E-state index < -0.39 is 11.7 Å². The SMILES string of the molecule is CC1CCc2c(-c3nc(N[C@H]4CCC(C)(C)NC4)ncc3C(F)(F)F)c[nH]c2C(=O)N1C1CC1. The van der Waals surface area contributed by atoms with E-state index in [2.05, 4.69) is 39.4 Å². The van der Waals surface area contributed by atoms with Crippen LogP contribution < -0.4 is 10.6 Å². The second kappa shape index (κ2) is 8.25. The monoisotopic (exact) mass is 476 g/mol. The van der Waals surface area contributed by atoms with Crippen molar-refractivity contribution in [2.24, 2.45) is 0 Å². The van der Waals surface area contributed by atoms with Crippen LogP contribution in [0.5, 0.6) is 0 Å². The molecule has 34 heavy (non-hydrogen) atoms. The maximum absolute atomic E-state index is 13.9. The van der Waals surface area contributed by atoms with Crippen LogP contribution >= 0.6 is 0 Å².